The topological polar surface area (TPSA) is 59.0 Å². The quantitative estimate of drug-likeness (QED) is 0.859. The molecule has 6 heteroatoms. The third kappa shape index (κ3) is 5.31. The molecule has 136 valence electrons. The van der Waals surface area contributed by atoms with Gasteiger partial charge in [-0.25, -0.2) is 0 Å². The predicted octanol–water partition coefficient (Wildman–Crippen LogP) is 2.70. The van der Waals surface area contributed by atoms with Gasteiger partial charge in [0.2, 0.25) is 0 Å². The lowest BCUT2D eigenvalue weighted by atomic mass is 9.99. The van der Waals surface area contributed by atoms with Gasteiger partial charge in [-0.3, -0.25) is 9.48 Å². The van der Waals surface area contributed by atoms with Crippen LogP contribution in [-0.2, 0) is 6.54 Å². The van der Waals surface area contributed by atoms with Crippen LogP contribution in [0.25, 0.3) is 0 Å². The number of nitrogens with one attached hydrogen (secondary N) is 2. The molecule has 3 rings (SSSR count). The third-order valence-corrected chi connectivity index (χ3v) is 4.60. The minimum Gasteiger partial charge on any atom is -0.352 e. The van der Waals surface area contributed by atoms with E-state index >= 15 is 0 Å². The first-order chi connectivity index (χ1) is 11.6. The molecular weight excluding hydrogens is 336 g/mol. The molecule has 1 aliphatic rings. The second-order valence-electron chi connectivity index (χ2n) is 6.70. The van der Waals surface area contributed by atoms with Crippen molar-refractivity contribution in [2.24, 2.45) is 5.92 Å². The van der Waals surface area contributed by atoms with Crippen molar-refractivity contribution in [2.75, 3.05) is 19.6 Å². The summed E-state index contributed by atoms with van der Waals surface area (Å²) in [5.41, 5.74) is 4.04. The zero-order valence-electron chi connectivity index (χ0n) is 14.9. The van der Waals surface area contributed by atoms with Crippen LogP contribution in [0.2, 0.25) is 0 Å². The van der Waals surface area contributed by atoms with Gasteiger partial charge in [0.05, 0.1) is 12.2 Å². The average Bonchev–Trinajstić information content (AvgIpc) is 2.91. The molecule has 1 aromatic carbocycles. The Morgan fingerprint density at radius 1 is 1.32 bits per heavy atom. The Balaban J connectivity index is 0.00000225. The van der Waals surface area contributed by atoms with Crippen molar-refractivity contribution in [3.05, 3.63) is 52.8 Å². The summed E-state index contributed by atoms with van der Waals surface area (Å²) in [6.07, 6.45) is 2.39. The van der Waals surface area contributed by atoms with E-state index in [1.54, 1.807) is 0 Å². The Labute approximate surface area is 155 Å². The molecule has 1 aromatic heterocycles. The van der Waals surface area contributed by atoms with Crippen molar-refractivity contribution in [1.82, 2.24) is 20.4 Å². The van der Waals surface area contributed by atoms with E-state index in [9.17, 15) is 4.79 Å². The molecule has 0 spiro atoms. The third-order valence-electron chi connectivity index (χ3n) is 4.60. The lowest BCUT2D eigenvalue weighted by Crippen LogP contribution is -2.38. The van der Waals surface area contributed by atoms with E-state index in [4.69, 9.17) is 0 Å². The molecule has 25 heavy (non-hydrogen) atoms. The smallest absolute Gasteiger partial charge is 0.251 e. The summed E-state index contributed by atoms with van der Waals surface area (Å²) in [6, 6.07) is 9.88. The molecule has 0 aliphatic carbocycles. The second-order valence-corrected chi connectivity index (χ2v) is 6.70. The summed E-state index contributed by atoms with van der Waals surface area (Å²) < 4.78 is 1.99. The lowest BCUT2D eigenvalue weighted by molar-refractivity contribution is 0.0945. The second kappa shape index (κ2) is 9.02. The lowest BCUT2D eigenvalue weighted by Gasteiger charge is -2.22. The van der Waals surface area contributed by atoms with Crippen LogP contribution in [0, 0.1) is 19.8 Å². The summed E-state index contributed by atoms with van der Waals surface area (Å²) in [4.78, 5) is 12.3. The van der Waals surface area contributed by atoms with Crippen LogP contribution >= 0.6 is 12.4 Å². The largest absolute Gasteiger partial charge is 0.352 e. The van der Waals surface area contributed by atoms with E-state index in [0.29, 0.717) is 5.92 Å². The fraction of sp³-hybridized carbons (Fsp3) is 0.474. The molecule has 2 heterocycles. The minimum absolute atomic E-state index is 0. The molecule has 1 aliphatic heterocycles. The number of aryl methyl sites for hydroxylation is 2. The van der Waals surface area contributed by atoms with E-state index in [1.807, 2.05) is 35.9 Å². The fourth-order valence-electron chi connectivity index (χ4n) is 3.21. The van der Waals surface area contributed by atoms with E-state index in [2.05, 4.69) is 28.7 Å². The molecule has 0 bridgehead atoms. The van der Waals surface area contributed by atoms with Gasteiger partial charge in [0.1, 0.15) is 0 Å². The summed E-state index contributed by atoms with van der Waals surface area (Å²) >= 11 is 0. The van der Waals surface area contributed by atoms with Gasteiger partial charge >= 0.3 is 0 Å². The number of benzene rings is 1. The molecule has 1 fully saturated rings. The van der Waals surface area contributed by atoms with Gasteiger partial charge in [0.25, 0.3) is 5.91 Å². The number of hydrogen-bond donors (Lipinski definition) is 2. The van der Waals surface area contributed by atoms with Crippen molar-refractivity contribution in [3.8, 4) is 0 Å². The van der Waals surface area contributed by atoms with E-state index in [0.717, 1.165) is 48.7 Å². The predicted molar refractivity (Wildman–Crippen MR) is 102 cm³/mol. The monoisotopic (exact) mass is 362 g/mol. The van der Waals surface area contributed by atoms with Crippen LogP contribution in [0.4, 0.5) is 0 Å². The summed E-state index contributed by atoms with van der Waals surface area (Å²) in [5, 5.41) is 10.9. The van der Waals surface area contributed by atoms with E-state index < -0.39 is 0 Å². The molecule has 1 unspecified atom stereocenters. The SMILES string of the molecule is Cc1cc(C)n(Cc2ccc(C(=O)NCC3CCCNC3)cc2)n1.Cl. The van der Waals surface area contributed by atoms with E-state index in [-0.39, 0.29) is 18.3 Å². The Morgan fingerprint density at radius 3 is 2.68 bits per heavy atom. The standard InChI is InChI=1S/C19H26N4O.ClH/c1-14-10-15(2)23(22-14)13-16-5-7-18(8-6-16)19(24)21-12-17-4-3-9-20-11-17;/h5-8,10,17,20H,3-4,9,11-13H2,1-2H3,(H,21,24);1H. The number of rotatable bonds is 5. The Bertz CT molecular complexity index is 690. The normalized spacial score (nSPS) is 17.0. The molecule has 5 nitrogen and oxygen atoms in total. The number of halogens is 1. The molecule has 0 radical (unpaired) electrons. The van der Waals surface area contributed by atoms with Crippen molar-refractivity contribution in [3.63, 3.8) is 0 Å². The number of nitrogens with zero attached hydrogens (tertiary/aromatic N) is 2. The molecule has 2 N–H and O–H groups in total. The number of carbonyl (C=O) groups is 1. The van der Waals surface area contributed by atoms with Gasteiger partial charge < -0.3 is 10.6 Å². The number of piperidine rings is 1. The maximum atomic E-state index is 12.3. The van der Waals surface area contributed by atoms with Gasteiger partial charge in [0.15, 0.2) is 0 Å². The molecule has 1 saturated heterocycles. The Morgan fingerprint density at radius 2 is 2.08 bits per heavy atom. The van der Waals surface area contributed by atoms with Crippen molar-refractivity contribution in [2.45, 2.75) is 33.2 Å². The highest BCUT2D eigenvalue weighted by Crippen LogP contribution is 2.11. The highest BCUT2D eigenvalue weighted by molar-refractivity contribution is 5.94. The van der Waals surface area contributed by atoms with Gasteiger partial charge in [0, 0.05) is 17.8 Å². The van der Waals surface area contributed by atoms with Crippen molar-refractivity contribution < 1.29 is 4.79 Å². The Kier molecular flexibility index (Phi) is 7.02. The van der Waals surface area contributed by atoms with Crippen molar-refractivity contribution >= 4 is 18.3 Å². The zero-order valence-corrected chi connectivity index (χ0v) is 15.7. The van der Waals surface area contributed by atoms with Crippen LogP contribution in [-0.4, -0.2) is 35.3 Å². The van der Waals surface area contributed by atoms with Gasteiger partial charge in [-0.1, -0.05) is 12.1 Å². The number of hydrogen-bond acceptors (Lipinski definition) is 3. The first kappa shape index (κ1) is 19.5. The highest BCUT2D eigenvalue weighted by atomic mass is 35.5. The Hall–Kier alpha value is -1.85. The van der Waals surface area contributed by atoms with Gasteiger partial charge in [-0.15, -0.1) is 12.4 Å². The first-order valence-corrected chi connectivity index (χ1v) is 8.71. The van der Waals surface area contributed by atoms with Crippen LogP contribution in [0.3, 0.4) is 0 Å². The maximum Gasteiger partial charge on any atom is 0.251 e. The van der Waals surface area contributed by atoms with Crippen LogP contribution in [0.5, 0.6) is 0 Å². The van der Waals surface area contributed by atoms with E-state index in [1.165, 1.54) is 12.8 Å². The number of amides is 1. The summed E-state index contributed by atoms with van der Waals surface area (Å²) in [7, 11) is 0. The van der Waals surface area contributed by atoms with Crippen LogP contribution < -0.4 is 10.6 Å². The molecule has 1 amide bonds. The number of aromatic nitrogens is 2. The van der Waals surface area contributed by atoms with Crippen molar-refractivity contribution in [1.29, 1.82) is 0 Å². The van der Waals surface area contributed by atoms with Gasteiger partial charge in [-0.05, 0) is 69.5 Å². The van der Waals surface area contributed by atoms with Crippen LogP contribution in [0.1, 0.15) is 40.2 Å². The zero-order chi connectivity index (χ0) is 16.9. The number of carbonyl (C=O) groups excluding carboxylic acids is 1. The minimum atomic E-state index is 0. The molecule has 1 atom stereocenters. The maximum absolute atomic E-state index is 12.3. The molecular formula is C19H27ClN4O. The average molecular weight is 363 g/mol. The summed E-state index contributed by atoms with van der Waals surface area (Å²) in [5.74, 6) is 0.561. The first-order valence-electron chi connectivity index (χ1n) is 8.71. The van der Waals surface area contributed by atoms with Gasteiger partial charge in [-0.2, -0.15) is 5.10 Å². The highest BCUT2D eigenvalue weighted by Gasteiger charge is 2.14. The van der Waals surface area contributed by atoms with Crippen LogP contribution in [0.15, 0.2) is 30.3 Å². The molecule has 0 saturated carbocycles. The molecule has 2 aromatic rings. The fourth-order valence-corrected chi connectivity index (χ4v) is 3.21. The summed E-state index contributed by atoms with van der Waals surface area (Å²) in [6.45, 7) is 7.64.